The van der Waals surface area contributed by atoms with Crippen molar-refractivity contribution in [1.29, 1.82) is 0 Å². The Morgan fingerprint density at radius 1 is 0.963 bits per heavy atom. The van der Waals surface area contributed by atoms with E-state index < -0.39 is 58.7 Å². The standard InChI is InChI=1S/C17H10ClF5N2O2/c1-17(8-4-2-3-5-9(8)18)15(26)25(16(27)24-17)6-7-10(19)12(21)14(23)13(22)11(7)20/h2-5H,6H2,1H3,(H,24,27)/t17-/m1/s1. The van der Waals surface area contributed by atoms with Gasteiger partial charge in [0.25, 0.3) is 5.91 Å². The Hall–Kier alpha value is -2.68. The molecule has 3 rings (SSSR count). The molecular weight excluding hydrogens is 395 g/mol. The zero-order valence-electron chi connectivity index (χ0n) is 13.5. The molecule has 0 saturated carbocycles. The lowest BCUT2D eigenvalue weighted by molar-refractivity contribution is -0.131. The van der Waals surface area contributed by atoms with Crippen LogP contribution in [0.25, 0.3) is 0 Å². The SMILES string of the molecule is C[C@]1(c2ccccc2Cl)NC(=O)N(Cc2c(F)c(F)c(F)c(F)c2F)C1=O. The third-order valence-corrected chi connectivity index (χ3v) is 4.63. The average molecular weight is 405 g/mol. The summed E-state index contributed by atoms with van der Waals surface area (Å²) < 4.78 is 67.6. The van der Waals surface area contributed by atoms with E-state index >= 15 is 0 Å². The van der Waals surface area contributed by atoms with Crippen molar-refractivity contribution in [2.45, 2.75) is 19.0 Å². The molecule has 2 aromatic carbocycles. The van der Waals surface area contributed by atoms with E-state index in [4.69, 9.17) is 11.6 Å². The minimum atomic E-state index is -2.33. The zero-order valence-corrected chi connectivity index (χ0v) is 14.3. The highest BCUT2D eigenvalue weighted by molar-refractivity contribution is 6.32. The quantitative estimate of drug-likeness (QED) is 0.364. The van der Waals surface area contributed by atoms with Crippen LogP contribution >= 0.6 is 11.6 Å². The van der Waals surface area contributed by atoms with E-state index in [1.165, 1.54) is 19.1 Å². The van der Waals surface area contributed by atoms with Crippen LogP contribution < -0.4 is 5.32 Å². The number of rotatable bonds is 3. The number of nitrogens with zero attached hydrogens (tertiary/aromatic N) is 1. The second-order valence-electron chi connectivity index (χ2n) is 5.97. The Labute approximate surface area is 154 Å². The third kappa shape index (κ3) is 2.82. The van der Waals surface area contributed by atoms with Crippen LogP contribution in [-0.2, 0) is 16.9 Å². The Morgan fingerprint density at radius 3 is 2.04 bits per heavy atom. The van der Waals surface area contributed by atoms with E-state index in [0.29, 0.717) is 4.90 Å². The lowest BCUT2D eigenvalue weighted by atomic mass is 9.92. The van der Waals surface area contributed by atoms with Crippen LogP contribution in [0.4, 0.5) is 26.7 Å². The summed E-state index contributed by atoms with van der Waals surface area (Å²) in [5.74, 6) is -11.8. The number of hydrogen-bond acceptors (Lipinski definition) is 2. The summed E-state index contributed by atoms with van der Waals surface area (Å²) in [5.41, 5.74) is -2.75. The molecule has 1 N–H and O–H groups in total. The maximum atomic E-state index is 13.9. The predicted molar refractivity (Wildman–Crippen MR) is 84.1 cm³/mol. The molecule has 10 heteroatoms. The third-order valence-electron chi connectivity index (χ3n) is 4.30. The molecule has 0 aromatic heterocycles. The van der Waals surface area contributed by atoms with Crippen molar-refractivity contribution < 1.29 is 31.5 Å². The summed E-state index contributed by atoms with van der Waals surface area (Å²) in [5, 5.41) is 2.48. The normalized spacial score (nSPS) is 19.6. The fraction of sp³-hybridized carbons (Fsp3) is 0.176. The zero-order chi connectivity index (χ0) is 20.1. The van der Waals surface area contributed by atoms with Crippen molar-refractivity contribution in [3.63, 3.8) is 0 Å². The summed E-state index contributed by atoms with van der Waals surface area (Å²) in [6.07, 6.45) is 0. The van der Waals surface area contributed by atoms with Crippen molar-refractivity contribution in [3.05, 3.63) is 69.5 Å². The summed E-state index contributed by atoms with van der Waals surface area (Å²) in [6.45, 7) is 0.170. The molecule has 0 aliphatic carbocycles. The molecule has 3 amide bonds. The number of amides is 3. The van der Waals surface area contributed by atoms with Crippen molar-refractivity contribution in [2.75, 3.05) is 0 Å². The van der Waals surface area contributed by atoms with Gasteiger partial charge in [0.1, 0.15) is 5.54 Å². The first-order valence-electron chi connectivity index (χ1n) is 7.49. The van der Waals surface area contributed by atoms with Gasteiger partial charge in [0.15, 0.2) is 23.3 Å². The van der Waals surface area contributed by atoms with Gasteiger partial charge in [-0.2, -0.15) is 0 Å². The number of nitrogens with one attached hydrogen (secondary N) is 1. The van der Waals surface area contributed by atoms with E-state index in [-0.39, 0.29) is 10.6 Å². The highest BCUT2D eigenvalue weighted by Gasteiger charge is 2.50. The summed E-state index contributed by atoms with van der Waals surface area (Å²) in [4.78, 5) is 25.3. The van der Waals surface area contributed by atoms with E-state index in [1.807, 2.05) is 0 Å². The van der Waals surface area contributed by atoms with Crippen molar-refractivity contribution >= 4 is 23.5 Å². The van der Waals surface area contributed by atoms with Gasteiger partial charge in [-0.05, 0) is 13.0 Å². The van der Waals surface area contributed by atoms with Crippen molar-refractivity contribution in [2.24, 2.45) is 0 Å². The molecule has 0 spiro atoms. The number of benzene rings is 2. The van der Waals surface area contributed by atoms with Crippen LogP contribution in [0.5, 0.6) is 0 Å². The fourth-order valence-corrected chi connectivity index (χ4v) is 3.16. The van der Waals surface area contributed by atoms with Crippen LogP contribution in [0.3, 0.4) is 0 Å². The molecular formula is C17H10ClF5N2O2. The molecule has 1 fully saturated rings. The van der Waals surface area contributed by atoms with Gasteiger partial charge < -0.3 is 5.32 Å². The van der Waals surface area contributed by atoms with Crippen molar-refractivity contribution in [1.82, 2.24) is 10.2 Å². The van der Waals surface area contributed by atoms with Crippen LogP contribution in [0, 0.1) is 29.1 Å². The molecule has 1 atom stereocenters. The minimum absolute atomic E-state index is 0.145. The van der Waals surface area contributed by atoms with Gasteiger partial charge in [0.05, 0.1) is 6.54 Å². The van der Waals surface area contributed by atoms with E-state index in [1.54, 1.807) is 12.1 Å². The van der Waals surface area contributed by atoms with E-state index in [9.17, 15) is 31.5 Å². The molecule has 142 valence electrons. The lowest BCUT2D eigenvalue weighted by Gasteiger charge is -2.23. The van der Waals surface area contributed by atoms with E-state index in [2.05, 4.69) is 5.32 Å². The van der Waals surface area contributed by atoms with Gasteiger partial charge >= 0.3 is 6.03 Å². The lowest BCUT2D eigenvalue weighted by Crippen LogP contribution is -2.41. The number of carbonyl (C=O) groups is 2. The Kier molecular flexibility index (Phi) is 4.59. The second kappa shape index (κ2) is 6.49. The average Bonchev–Trinajstić information content (AvgIpc) is 2.85. The predicted octanol–water partition coefficient (Wildman–Crippen LogP) is 4.00. The van der Waals surface area contributed by atoms with Gasteiger partial charge in [-0.15, -0.1) is 0 Å². The highest BCUT2D eigenvalue weighted by atomic mass is 35.5. The monoisotopic (exact) mass is 404 g/mol. The summed E-state index contributed by atoms with van der Waals surface area (Å²) in [7, 11) is 0. The van der Waals surface area contributed by atoms with Crippen LogP contribution in [-0.4, -0.2) is 16.8 Å². The number of hydrogen-bond donors (Lipinski definition) is 1. The maximum absolute atomic E-state index is 13.9. The Bertz CT molecular complexity index is 955. The molecule has 27 heavy (non-hydrogen) atoms. The number of imide groups is 1. The molecule has 0 unspecified atom stereocenters. The Morgan fingerprint density at radius 2 is 1.48 bits per heavy atom. The molecule has 1 aliphatic heterocycles. The van der Waals surface area contributed by atoms with Crippen LogP contribution in [0.15, 0.2) is 24.3 Å². The Balaban J connectivity index is 2.03. The smallest absolute Gasteiger partial charge is 0.319 e. The second-order valence-corrected chi connectivity index (χ2v) is 6.38. The highest BCUT2D eigenvalue weighted by Crippen LogP contribution is 2.35. The van der Waals surface area contributed by atoms with Gasteiger partial charge in [0, 0.05) is 16.1 Å². The number of halogens is 6. The molecule has 4 nitrogen and oxygen atoms in total. The number of urea groups is 1. The van der Waals surface area contributed by atoms with Crippen LogP contribution in [0.2, 0.25) is 5.02 Å². The largest absolute Gasteiger partial charge is 0.325 e. The summed E-state index contributed by atoms with van der Waals surface area (Å²) in [6, 6.07) is 5.00. The minimum Gasteiger partial charge on any atom is -0.319 e. The first-order chi connectivity index (χ1) is 12.6. The molecule has 1 aliphatic rings. The summed E-state index contributed by atoms with van der Waals surface area (Å²) >= 11 is 6.04. The molecule has 1 saturated heterocycles. The van der Waals surface area contributed by atoms with E-state index in [0.717, 1.165) is 0 Å². The van der Waals surface area contributed by atoms with Crippen LogP contribution in [0.1, 0.15) is 18.1 Å². The maximum Gasteiger partial charge on any atom is 0.325 e. The van der Waals surface area contributed by atoms with Gasteiger partial charge in [-0.3, -0.25) is 9.69 Å². The topological polar surface area (TPSA) is 49.4 Å². The van der Waals surface area contributed by atoms with Crippen molar-refractivity contribution in [3.8, 4) is 0 Å². The first-order valence-corrected chi connectivity index (χ1v) is 7.86. The van der Waals surface area contributed by atoms with Gasteiger partial charge in [-0.25, -0.2) is 26.7 Å². The molecule has 0 radical (unpaired) electrons. The molecule has 0 bridgehead atoms. The first kappa shape index (κ1) is 19.1. The van der Waals surface area contributed by atoms with Gasteiger partial charge in [-0.1, -0.05) is 29.8 Å². The molecule has 2 aromatic rings. The molecule has 1 heterocycles. The van der Waals surface area contributed by atoms with Gasteiger partial charge in [0.2, 0.25) is 5.82 Å². The number of carbonyl (C=O) groups excluding carboxylic acids is 2. The fourth-order valence-electron chi connectivity index (χ4n) is 2.84.